The molecule has 0 fully saturated rings. The molecule has 0 aliphatic heterocycles. The van der Waals surface area contributed by atoms with Gasteiger partial charge in [0.15, 0.2) is 12.1 Å². The third kappa shape index (κ3) is 8.90. The molecule has 1 rings (SSSR count). The third-order valence-corrected chi connectivity index (χ3v) is 4.24. The number of carbonyl (C=O) groups excluding carboxylic acids is 2. The fourth-order valence-corrected chi connectivity index (χ4v) is 2.56. The Morgan fingerprint density at radius 3 is 2.14 bits per heavy atom. The van der Waals surface area contributed by atoms with E-state index in [2.05, 4.69) is 20.4 Å². The number of benzene rings is 1. The fraction of sp³-hybridized carbons (Fsp3) is 0.565. The van der Waals surface area contributed by atoms with Gasteiger partial charge in [0.25, 0.3) is 0 Å². The summed E-state index contributed by atoms with van der Waals surface area (Å²) in [7, 11) is 0. The number of Topliss-reactive ketones (excluding diaryl/α,β-unsaturated/α-hetero) is 1. The molecule has 1 aromatic rings. The SMILES string of the molecule is C=C(C)C(=O)OCCOCCOC(C)OC(C)(C)C(=O)c1ccc(C(C)C)cc1. The van der Waals surface area contributed by atoms with E-state index < -0.39 is 17.9 Å². The molecule has 1 atom stereocenters. The van der Waals surface area contributed by atoms with Gasteiger partial charge in [0, 0.05) is 11.1 Å². The molecular weight excluding hydrogens is 372 g/mol. The summed E-state index contributed by atoms with van der Waals surface area (Å²) in [6.45, 7) is 15.6. The van der Waals surface area contributed by atoms with Gasteiger partial charge in [0.05, 0.1) is 19.8 Å². The van der Waals surface area contributed by atoms with E-state index in [-0.39, 0.29) is 19.0 Å². The Hall–Kier alpha value is -2.02. The number of rotatable bonds is 13. The summed E-state index contributed by atoms with van der Waals surface area (Å²) in [5.41, 5.74) is 1.13. The molecule has 1 aromatic carbocycles. The highest BCUT2D eigenvalue weighted by Crippen LogP contribution is 2.22. The van der Waals surface area contributed by atoms with Gasteiger partial charge in [-0.25, -0.2) is 4.79 Å². The van der Waals surface area contributed by atoms with Gasteiger partial charge in [-0.2, -0.15) is 0 Å². The molecule has 0 bridgehead atoms. The zero-order chi connectivity index (χ0) is 22.0. The minimum absolute atomic E-state index is 0.0983. The molecule has 0 radical (unpaired) electrons. The van der Waals surface area contributed by atoms with E-state index in [4.69, 9.17) is 18.9 Å². The first-order valence-corrected chi connectivity index (χ1v) is 9.89. The topological polar surface area (TPSA) is 71.1 Å². The monoisotopic (exact) mass is 406 g/mol. The van der Waals surface area contributed by atoms with Crippen LogP contribution < -0.4 is 0 Å². The molecule has 29 heavy (non-hydrogen) atoms. The lowest BCUT2D eigenvalue weighted by molar-refractivity contribution is -0.180. The maximum absolute atomic E-state index is 12.8. The first-order chi connectivity index (χ1) is 13.5. The molecule has 6 heteroatoms. The summed E-state index contributed by atoms with van der Waals surface area (Å²) in [5, 5.41) is 0. The minimum Gasteiger partial charge on any atom is -0.460 e. The van der Waals surface area contributed by atoms with Crippen LogP contribution in [0, 0.1) is 0 Å². The second-order valence-corrected chi connectivity index (χ2v) is 7.70. The number of hydrogen-bond donors (Lipinski definition) is 0. The molecular formula is C23H34O6. The minimum atomic E-state index is -1.02. The van der Waals surface area contributed by atoms with Gasteiger partial charge < -0.3 is 18.9 Å². The second kappa shape index (κ2) is 11.9. The third-order valence-electron chi connectivity index (χ3n) is 4.24. The lowest BCUT2D eigenvalue weighted by Gasteiger charge is -2.28. The lowest BCUT2D eigenvalue weighted by Crippen LogP contribution is -2.39. The Morgan fingerprint density at radius 1 is 1.00 bits per heavy atom. The molecule has 162 valence electrons. The van der Waals surface area contributed by atoms with Crippen LogP contribution in [-0.2, 0) is 23.7 Å². The van der Waals surface area contributed by atoms with Crippen LogP contribution in [0.3, 0.4) is 0 Å². The smallest absolute Gasteiger partial charge is 0.333 e. The average Bonchev–Trinajstić information content (AvgIpc) is 2.65. The maximum Gasteiger partial charge on any atom is 0.333 e. The van der Waals surface area contributed by atoms with E-state index in [1.54, 1.807) is 27.7 Å². The molecule has 0 spiro atoms. The maximum atomic E-state index is 12.8. The van der Waals surface area contributed by atoms with Crippen molar-refractivity contribution in [3.63, 3.8) is 0 Å². The summed E-state index contributed by atoms with van der Waals surface area (Å²) in [4.78, 5) is 24.0. The van der Waals surface area contributed by atoms with Crippen molar-refractivity contribution in [3.8, 4) is 0 Å². The van der Waals surface area contributed by atoms with Gasteiger partial charge in [-0.05, 0) is 39.2 Å². The standard InChI is InChI=1S/C23H34O6/c1-16(2)19-8-10-20(11-9-19)21(24)23(6,7)29-18(5)27-14-12-26-13-15-28-22(25)17(3)4/h8-11,16,18H,3,12-15H2,1-2,4-7H3. The van der Waals surface area contributed by atoms with Gasteiger partial charge in [0.2, 0.25) is 0 Å². The first kappa shape index (κ1) is 25.0. The molecule has 0 saturated heterocycles. The zero-order valence-electron chi connectivity index (χ0n) is 18.4. The largest absolute Gasteiger partial charge is 0.460 e. The number of ether oxygens (including phenoxy) is 4. The van der Waals surface area contributed by atoms with E-state index in [0.717, 1.165) is 0 Å². The average molecular weight is 407 g/mol. The Labute approximate surface area is 174 Å². The van der Waals surface area contributed by atoms with Crippen molar-refractivity contribution in [1.29, 1.82) is 0 Å². The predicted molar refractivity (Wildman–Crippen MR) is 112 cm³/mol. The van der Waals surface area contributed by atoms with Crippen molar-refractivity contribution >= 4 is 11.8 Å². The van der Waals surface area contributed by atoms with E-state index in [0.29, 0.717) is 30.3 Å². The molecule has 1 unspecified atom stereocenters. The Morgan fingerprint density at radius 2 is 1.59 bits per heavy atom. The predicted octanol–water partition coefficient (Wildman–Crippen LogP) is 4.29. The van der Waals surface area contributed by atoms with Gasteiger partial charge in [-0.1, -0.05) is 44.7 Å². The molecule has 0 amide bonds. The number of carbonyl (C=O) groups is 2. The normalized spacial score (nSPS) is 12.7. The molecule has 0 heterocycles. The van der Waals surface area contributed by atoms with Crippen LogP contribution in [0.2, 0.25) is 0 Å². The second-order valence-electron chi connectivity index (χ2n) is 7.70. The van der Waals surface area contributed by atoms with E-state index in [1.165, 1.54) is 5.56 Å². The highest BCUT2D eigenvalue weighted by molar-refractivity contribution is 6.02. The molecule has 0 saturated carbocycles. The molecule has 0 aliphatic rings. The molecule has 6 nitrogen and oxygen atoms in total. The van der Waals surface area contributed by atoms with Gasteiger partial charge in [-0.3, -0.25) is 4.79 Å². The Bertz CT molecular complexity index is 675. The summed E-state index contributed by atoms with van der Waals surface area (Å²) >= 11 is 0. The van der Waals surface area contributed by atoms with Gasteiger partial charge >= 0.3 is 5.97 Å². The zero-order valence-corrected chi connectivity index (χ0v) is 18.4. The van der Waals surface area contributed by atoms with E-state index in [9.17, 15) is 9.59 Å². The lowest BCUT2D eigenvalue weighted by atomic mass is 9.94. The molecule has 0 aliphatic carbocycles. The van der Waals surface area contributed by atoms with Crippen molar-refractivity contribution in [2.24, 2.45) is 0 Å². The van der Waals surface area contributed by atoms with Gasteiger partial charge in [0.1, 0.15) is 12.2 Å². The van der Waals surface area contributed by atoms with Gasteiger partial charge in [-0.15, -0.1) is 0 Å². The van der Waals surface area contributed by atoms with E-state index in [1.807, 2.05) is 24.3 Å². The van der Waals surface area contributed by atoms with Crippen LogP contribution in [0.5, 0.6) is 0 Å². The summed E-state index contributed by atoms with van der Waals surface area (Å²) in [6.07, 6.45) is -0.575. The van der Waals surface area contributed by atoms with Crippen molar-refractivity contribution < 1.29 is 28.5 Å². The van der Waals surface area contributed by atoms with Crippen LogP contribution in [0.4, 0.5) is 0 Å². The van der Waals surface area contributed by atoms with Crippen molar-refractivity contribution in [2.45, 2.75) is 59.4 Å². The van der Waals surface area contributed by atoms with Crippen LogP contribution in [0.25, 0.3) is 0 Å². The fourth-order valence-electron chi connectivity index (χ4n) is 2.56. The Balaban J connectivity index is 2.34. The van der Waals surface area contributed by atoms with Crippen LogP contribution in [0.1, 0.15) is 63.4 Å². The summed E-state index contributed by atoms with van der Waals surface area (Å²) in [5.74, 6) is -0.117. The quantitative estimate of drug-likeness (QED) is 0.160. The van der Waals surface area contributed by atoms with Crippen molar-refractivity contribution in [2.75, 3.05) is 26.4 Å². The van der Waals surface area contributed by atoms with Crippen LogP contribution in [0.15, 0.2) is 36.4 Å². The summed E-state index contributed by atoms with van der Waals surface area (Å²) in [6, 6.07) is 7.61. The summed E-state index contributed by atoms with van der Waals surface area (Å²) < 4.78 is 21.6. The molecule has 0 aromatic heterocycles. The number of hydrogen-bond acceptors (Lipinski definition) is 6. The van der Waals surface area contributed by atoms with Crippen LogP contribution >= 0.6 is 0 Å². The number of ketones is 1. The van der Waals surface area contributed by atoms with E-state index >= 15 is 0 Å². The van der Waals surface area contributed by atoms with Crippen LogP contribution in [-0.4, -0.2) is 50.1 Å². The number of esters is 1. The highest BCUT2D eigenvalue weighted by atomic mass is 16.7. The molecule has 0 N–H and O–H groups in total. The first-order valence-electron chi connectivity index (χ1n) is 9.89. The van der Waals surface area contributed by atoms with Crippen molar-refractivity contribution in [1.82, 2.24) is 0 Å². The van der Waals surface area contributed by atoms with Crippen molar-refractivity contribution in [3.05, 3.63) is 47.5 Å². The Kier molecular flexibility index (Phi) is 10.2. The highest BCUT2D eigenvalue weighted by Gasteiger charge is 2.31.